The van der Waals surface area contributed by atoms with E-state index in [1.807, 2.05) is 13.0 Å². The van der Waals surface area contributed by atoms with E-state index in [2.05, 4.69) is 21.3 Å². The number of thiazole rings is 1. The van der Waals surface area contributed by atoms with Crippen molar-refractivity contribution in [3.05, 3.63) is 40.2 Å². The summed E-state index contributed by atoms with van der Waals surface area (Å²) >= 11 is 1.68. The van der Waals surface area contributed by atoms with Crippen LogP contribution in [0.15, 0.2) is 28.2 Å². The van der Waals surface area contributed by atoms with Gasteiger partial charge >= 0.3 is 0 Å². The molecule has 3 atom stereocenters. The second-order valence-corrected chi connectivity index (χ2v) is 7.80. The highest BCUT2D eigenvalue weighted by atomic mass is 32.1. The van der Waals surface area contributed by atoms with E-state index in [0.29, 0.717) is 24.7 Å². The predicted octanol–water partition coefficient (Wildman–Crippen LogP) is 3.24. The molecule has 0 amide bonds. The maximum Gasteiger partial charge on any atom is 0.117 e. The van der Waals surface area contributed by atoms with Gasteiger partial charge < -0.3 is 13.9 Å². The van der Waals surface area contributed by atoms with Crippen LogP contribution in [-0.4, -0.2) is 41.8 Å². The molecule has 2 aromatic heterocycles. The molecule has 3 heterocycles. The van der Waals surface area contributed by atoms with Crippen LogP contribution in [0.2, 0.25) is 0 Å². The zero-order valence-corrected chi connectivity index (χ0v) is 14.8. The van der Waals surface area contributed by atoms with Crippen LogP contribution in [0.1, 0.15) is 29.3 Å². The van der Waals surface area contributed by atoms with Crippen LogP contribution in [0.5, 0.6) is 0 Å². The summed E-state index contributed by atoms with van der Waals surface area (Å²) < 4.78 is 17.4. The van der Waals surface area contributed by atoms with E-state index in [-0.39, 0.29) is 0 Å². The molecule has 1 aliphatic heterocycles. The monoisotopic (exact) mass is 348 g/mol. The Morgan fingerprint density at radius 1 is 1.42 bits per heavy atom. The summed E-state index contributed by atoms with van der Waals surface area (Å²) in [6, 6.07) is 4.49. The number of hydrogen-bond donors (Lipinski definition) is 0. The number of ether oxygens (including phenoxy) is 2. The number of aryl methyl sites for hydroxylation is 1. The molecule has 2 aromatic rings. The number of fused-ring (bicyclic) bond motifs is 1. The Kier molecular flexibility index (Phi) is 4.98. The van der Waals surface area contributed by atoms with Crippen molar-refractivity contribution in [2.45, 2.75) is 45.1 Å². The van der Waals surface area contributed by atoms with Gasteiger partial charge in [0.1, 0.15) is 5.76 Å². The fraction of sp³-hybridized carbons (Fsp3) is 0.611. The minimum absolute atomic E-state index is 0.337. The molecule has 24 heavy (non-hydrogen) atoms. The first-order valence-electron chi connectivity index (χ1n) is 8.64. The Hall–Kier alpha value is -1.21. The van der Waals surface area contributed by atoms with E-state index in [1.54, 1.807) is 17.6 Å². The summed E-state index contributed by atoms with van der Waals surface area (Å²) in [6.07, 6.45) is 4.32. The topological polar surface area (TPSA) is 47.7 Å². The third kappa shape index (κ3) is 3.72. The number of rotatable bonds is 6. The fourth-order valence-corrected chi connectivity index (χ4v) is 4.46. The van der Waals surface area contributed by atoms with Gasteiger partial charge in [0.05, 0.1) is 49.4 Å². The van der Waals surface area contributed by atoms with Gasteiger partial charge in [0.25, 0.3) is 0 Å². The Bertz CT molecular complexity index is 642. The van der Waals surface area contributed by atoms with Gasteiger partial charge in [-0.05, 0) is 37.8 Å². The van der Waals surface area contributed by atoms with Gasteiger partial charge in [0.15, 0.2) is 0 Å². The SMILES string of the molecule is Cc1nc(COCC2C[C@@H]3OCCN(Cc4ccco4)[C@H]3C2)cs1. The largest absolute Gasteiger partial charge is 0.468 e. The molecule has 1 unspecified atom stereocenters. The lowest BCUT2D eigenvalue weighted by atomic mass is 10.1. The predicted molar refractivity (Wildman–Crippen MR) is 91.9 cm³/mol. The van der Waals surface area contributed by atoms with Gasteiger partial charge in [-0.3, -0.25) is 4.90 Å². The first-order valence-corrected chi connectivity index (χ1v) is 9.52. The summed E-state index contributed by atoms with van der Waals surface area (Å²) in [7, 11) is 0. The minimum atomic E-state index is 0.337. The summed E-state index contributed by atoms with van der Waals surface area (Å²) in [4.78, 5) is 6.96. The van der Waals surface area contributed by atoms with Crippen LogP contribution in [0.4, 0.5) is 0 Å². The normalized spacial score (nSPS) is 27.5. The molecule has 0 radical (unpaired) electrons. The maximum absolute atomic E-state index is 6.01. The molecule has 0 spiro atoms. The van der Waals surface area contributed by atoms with Crippen LogP contribution in [0.25, 0.3) is 0 Å². The van der Waals surface area contributed by atoms with Crippen molar-refractivity contribution >= 4 is 11.3 Å². The summed E-state index contributed by atoms with van der Waals surface area (Å²) in [6.45, 7) is 6.11. The van der Waals surface area contributed by atoms with Crippen LogP contribution in [0.3, 0.4) is 0 Å². The number of aromatic nitrogens is 1. The zero-order chi connectivity index (χ0) is 16.4. The molecule has 0 aromatic carbocycles. The molecular weight excluding hydrogens is 324 g/mol. The molecule has 130 valence electrons. The number of morpholine rings is 1. The fourth-order valence-electron chi connectivity index (χ4n) is 3.87. The van der Waals surface area contributed by atoms with Crippen molar-refractivity contribution in [1.82, 2.24) is 9.88 Å². The molecule has 1 aliphatic carbocycles. The highest BCUT2D eigenvalue weighted by Crippen LogP contribution is 2.35. The van der Waals surface area contributed by atoms with Crippen molar-refractivity contribution in [2.75, 3.05) is 19.8 Å². The minimum Gasteiger partial charge on any atom is -0.468 e. The van der Waals surface area contributed by atoms with Crippen LogP contribution in [0, 0.1) is 12.8 Å². The lowest BCUT2D eigenvalue weighted by Gasteiger charge is -2.37. The molecule has 0 N–H and O–H groups in total. The van der Waals surface area contributed by atoms with E-state index < -0.39 is 0 Å². The zero-order valence-electron chi connectivity index (χ0n) is 14.0. The smallest absolute Gasteiger partial charge is 0.117 e. The van der Waals surface area contributed by atoms with Crippen molar-refractivity contribution in [2.24, 2.45) is 5.92 Å². The number of hydrogen-bond acceptors (Lipinski definition) is 6. The molecule has 5 nitrogen and oxygen atoms in total. The summed E-state index contributed by atoms with van der Waals surface area (Å²) in [5, 5.41) is 3.18. The van der Waals surface area contributed by atoms with E-state index >= 15 is 0 Å². The Labute approximate surface area is 146 Å². The summed E-state index contributed by atoms with van der Waals surface area (Å²) in [5.41, 5.74) is 1.05. The molecule has 6 heteroatoms. The van der Waals surface area contributed by atoms with E-state index in [1.165, 1.54) is 0 Å². The van der Waals surface area contributed by atoms with Crippen molar-refractivity contribution in [3.63, 3.8) is 0 Å². The Balaban J connectivity index is 1.28. The van der Waals surface area contributed by atoms with E-state index in [9.17, 15) is 0 Å². The summed E-state index contributed by atoms with van der Waals surface area (Å²) in [5.74, 6) is 1.60. The van der Waals surface area contributed by atoms with Crippen LogP contribution >= 0.6 is 11.3 Å². The molecule has 2 fully saturated rings. The van der Waals surface area contributed by atoms with Gasteiger partial charge in [-0.25, -0.2) is 4.98 Å². The highest BCUT2D eigenvalue weighted by Gasteiger charge is 2.41. The van der Waals surface area contributed by atoms with E-state index in [4.69, 9.17) is 13.9 Å². The quantitative estimate of drug-likeness (QED) is 0.802. The van der Waals surface area contributed by atoms with Gasteiger partial charge in [0, 0.05) is 18.0 Å². The molecule has 4 rings (SSSR count). The van der Waals surface area contributed by atoms with E-state index in [0.717, 1.165) is 55.6 Å². The third-order valence-corrected chi connectivity index (χ3v) is 5.78. The average molecular weight is 348 g/mol. The highest BCUT2D eigenvalue weighted by molar-refractivity contribution is 7.09. The standard InChI is InChI=1S/C18H24N2O3S/c1-13-19-15(12-24-13)11-21-10-14-7-17-18(8-14)23-6-4-20(17)9-16-3-2-5-22-16/h2-3,5,12,14,17-18H,4,6-11H2,1H3/t14?,17-,18-/m0/s1. The Morgan fingerprint density at radius 3 is 3.17 bits per heavy atom. The molecular formula is C18H24N2O3S. The van der Waals surface area contributed by atoms with Gasteiger partial charge in [-0.2, -0.15) is 0 Å². The molecule has 1 saturated heterocycles. The van der Waals surface area contributed by atoms with Crippen LogP contribution < -0.4 is 0 Å². The van der Waals surface area contributed by atoms with Gasteiger partial charge in [-0.1, -0.05) is 0 Å². The lowest BCUT2D eigenvalue weighted by molar-refractivity contribution is -0.0609. The number of furan rings is 1. The first kappa shape index (κ1) is 16.3. The lowest BCUT2D eigenvalue weighted by Crippen LogP contribution is -2.47. The Morgan fingerprint density at radius 2 is 2.38 bits per heavy atom. The van der Waals surface area contributed by atoms with Gasteiger partial charge in [-0.15, -0.1) is 11.3 Å². The van der Waals surface area contributed by atoms with Crippen molar-refractivity contribution < 1.29 is 13.9 Å². The second kappa shape index (κ2) is 7.35. The second-order valence-electron chi connectivity index (χ2n) is 6.74. The number of nitrogens with zero attached hydrogens (tertiary/aromatic N) is 2. The van der Waals surface area contributed by atoms with Gasteiger partial charge in [0.2, 0.25) is 0 Å². The van der Waals surface area contributed by atoms with Crippen molar-refractivity contribution in [1.29, 1.82) is 0 Å². The average Bonchev–Trinajstić information content (AvgIpc) is 3.29. The third-order valence-electron chi connectivity index (χ3n) is 4.96. The maximum atomic E-state index is 6.01. The first-order chi connectivity index (χ1) is 11.8. The molecule has 0 bridgehead atoms. The van der Waals surface area contributed by atoms with Crippen molar-refractivity contribution in [3.8, 4) is 0 Å². The molecule has 1 saturated carbocycles. The van der Waals surface area contributed by atoms with Crippen LogP contribution in [-0.2, 0) is 22.6 Å². The molecule has 2 aliphatic rings.